The number of piperazine rings is 1. The monoisotopic (exact) mass is 467 g/mol. The molecule has 0 aromatic heterocycles. The Labute approximate surface area is 195 Å². The number of carbonyl (C=O) groups is 1. The first-order valence-electron chi connectivity index (χ1n) is 11.2. The molecule has 0 bridgehead atoms. The highest BCUT2D eigenvalue weighted by atomic mass is 32.2. The molecule has 0 aliphatic carbocycles. The SMILES string of the molecule is N#Cc1ccccc1S(=O)(=O)N1CCN(CC(=O)N[C@H]2CCN(Cc3ccccc3)C2)CC1. The van der Waals surface area contributed by atoms with E-state index in [4.69, 9.17) is 0 Å². The third-order valence-electron chi connectivity index (χ3n) is 6.21. The summed E-state index contributed by atoms with van der Waals surface area (Å²) in [6, 6.07) is 18.7. The van der Waals surface area contributed by atoms with Crippen LogP contribution in [0.25, 0.3) is 0 Å². The zero-order valence-corrected chi connectivity index (χ0v) is 19.4. The van der Waals surface area contributed by atoms with E-state index in [2.05, 4.69) is 22.3 Å². The molecule has 2 aromatic carbocycles. The van der Waals surface area contributed by atoms with Gasteiger partial charge in [0, 0.05) is 51.9 Å². The lowest BCUT2D eigenvalue weighted by Gasteiger charge is -2.33. The zero-order chi connectivity index (χ0) is 23.3. The second-order valence-electron chi connectivity index (χ2n) is 8.56. The summed E-state index contributed by atoms with van der Waals surface area (Å²) in [5, 5.41) is 12.4. The average molecular weight is 468 g/mol. The molecule has 2 fully saturated rings. The molecule has 0 unspecified atom stereocenters. The van der Waals surface area contributed by atoms with Gasteiger partial charge in [-0.05, 0) is 24.1 Å². The van der Waals surface area contributed by atoms with Crippen LogP contribution in [0.3, 0.4) is 0 Å². The fourth-order valence-corrected chi connectivity index (χ4v) is 6.03. The minimum atomic E-state index is -3.73. The van der Waals surface area contributed by atoms with E-state index in [1.54, 1.807) is 12.1 Å². The Morgan fingerprint density at radius 3 is 2.39 bits per heavy atom. The van der Waals surface area contributed by atoms with Crippen molar-refractivity contribution in [1.29, 1.82) is 5.26 Å². The van der Waals surface area contributed by atoms with Crippen molar-refractivity contribution in [2.45, 2.75) is 23.9 Å². The Balaban J connectivity index is 1.23. The number of likely N-dealkylation sites (tertiary alicyclic amines) is 1. The third kappa shape index (κ3) is 5.78. The van der Waals surface area contributed by atoms with E-state index in [-0.39, 0.29) is 29.0 Å². The van der Waals surface area contributed by atoms with Gasteiger partial charge in [0.05, 0.1) is 17.0 Å². The highest BCUT2D eigenvalue weighted by Crippen LogP contribution is 2.21. The number of rotatable bonds is 7. The molecule has 2 aromatic rings. The summed E-state index contributed by atoms with van der Waals surface area (Å²) in [6.45, 7) is 4.49. The summed E-state index contributed by atoms with van der Waals surface area (Å²) in [5.74, 6) is -0.0207. The summed E-state index contributed by atoms with van der Waals surface area (Å²) in [5.41, 5.74) is 1.42. The second kappa shape index (κ2) is 10.4. The molecule has 1 N–H and O–H groups in total. The maximum Gasteiger partial charge on any atom is 0.244 e. The molecule has 2 heterocycles. The predicted molar refractivity (Wildman–Crippen MR) is 125 cm³/mol. The van der Waals surface area contributed by atoms with Gasteiger partial charge in [-0.3, -0.25) is 14.6 Å². The van der Waals surface area contributed by atoms with Crippen molar-refractivity contribution in [2.24, 2.45) is 0 Å². The van der Waals surface area contributed by atoms with Gasteiger partial charge < -0.3 is 5.32 Å². The van der Waals surface area contributed by atoms with Gasteiger partial charge in [0.1, 0.15) is 6.07 Å². The Morgan fingerprint density at radius 2 is 1.67 bits per heavy atom. The van der Waals surface area contributed by atoms with E-state index < -0.39 is 10.0 Å². The fourth-order valence-electron chi connectivity index (χ4n) is 4.46. The molecular weight excluding hydrogens is 438 g/mol. The normalized spacial score (nSPS) is 20.4. The van der Waals surface area contributed by atoms with Gasteiger partial charge in [0.25, 0.3) is 0 Å². The largest absolute Gasteiger partial charge is 0.351 e. The Bertz CT molecular complexity index is 1110. The summed E-state index contributed by atoms with van der Waals surface area (Å²) in [7, 11) is -3.73. The van der Waals surface area contributed by atoms with Crippen molar-refractivity contribution in [2.75, 3.05) is 45.8 Å². The average Bonchev–Trinajstić information content (AvgIpc) is 3.26. The van der Waals surface area contributed by atoms with Crippen molar-refractivity contribution in [1.82, 2.24) is 19.4 Å². The van der Waals surface area contributed by atoms with Gasteiger partial charge in [0.15, 0.2) is 0 Å². The number of carbonyl (C=O) groups excluding carboxylic acids is 1. The zero-order valence-electron chi connectivity index (χ0n) is 18.6. The first kappa shape index (κ1) is 23.4. The van der Waals surface area contributed by atoms with Crippen molar-refractivity contribution in [3.63, 3.8) is 0 Å². The van der Waals surface area contributed by atoms with E-state index in [0.29, 0.717) is 26.2 Å². The van der Waals surface area contributed by atoms with E-state index in [0.717, 1.165) is 26.1 Å². The smallest absolute Gasteiger partial charge is 0.244 e. The van der Waals surface area contributed by atoms with Crippen LogP contribution in [-0.2, 0) is 21.4 Å². The first-order valence-corrected chi connectivity index (χ1v) is 12.7. The number of nitrogens with one attached hydrogen (secondary N) is 1. The number of sulfonamides is 1. The Kier molecular flexibility index (Phi) is 7.40. The molecule has 4 rings (SSSR count). The predicted octanol–water partition coefficient (Wildman–Crippen LogP) is 1.26. The van der Waals surface area contributed by atoms with Crippen LogP contribution >= 0.6 is 0 Å². The van der Waals surface area contributed by atoms with Crippen LogP contribution in [0.5, 0.6) is 0 Å². The molecule has 1 amide bonds. The number of nitrogens with zero attached hydrogens (tertiary/aromatic N) is 4. The van der Waals surface area contributed by atoms with Gasteiger partial charge in [-0.2, -0.15) is 9.57 Å². The third-order valence-corrected chi connectivity index (χ3v) is 8.17. The van der Waals surface area contributed by atoms with Crippen LogP contribution in [0.1, 0.15) is 17.5 Å². The van der Waals surface area contributed by atoms with Gasteiger partial charge in [-0.1, -0.05) is 42.5 Å². The quantitative estimate of drug-likeness (QED) is 0.659. The minimum Gasteiger partial charge on any atom is -0.351 e. The van der Waals surface area contributed by atoms with Crippen molar-refractivity contribution < 1.29 is 13.2 Å². The highest BCUT2D eigenvalue weighted by molar-refractivity contribution is 7.89. The van der Waals surface area contributed by atoms with E-state index in [9.17, 15) is 18.5 Å². The van der Waals surface area contributed by atoms with Crippen LogP contribution in [0.2, 0.25) is 0 Å². The van der Waals surface area contributed by atoms with E-state index in [1.807, 2.05) is 29.2 Å². The maximum absolute atomic E-state index is 13.0. The van der Waals surface area contributed by atoms with Crippen molar-refractivity contribution in [3.8, 4) is 6.07 Å². The topological polar surface area (TPSA) is 96.7 Å². The molecule has 0 radical (unpaired) electrons. The summed E-state index contributed by atoms with van der Waals surface area (Å²) in [4.78, 5) is 16.9. The van der Waals surface area contributed by atoms with E-state index in [1.165, 1.54) is 22.0 Å². The second-order valence-corrected chi connectivity index (χ2v) is 10.5. The lowest BCUT2D eigenvalue weighted by atomic mass is 10.2. The summed E-state index contributed by atoms with van der Waals surface area (Å²) < 4.78 is 27.3. The molecular formula is C24H29N5O3S. The molecule has 1 atom stereocenters. The van der Waals surface area contributed by atoms with Crippen LogP contribution in [0.4, 0.5) is 0 Å². The van der Waals surface area contributed by atoms with Crippen LogP contribution in [-0.4, -0.2) is 80.3 Å². The maximum atomic E-state index is 13.0. The lowest BCUT2D eigenvalue weighted by molar-refractivity contribution is -0.123. The Morgan fingerprint density at radius 1 is 0.970 bits per heavy atom. The van der Waals surface area contributed by atoms with Crippen LogP contribution in [0, 0.1) is 11.3 Å². The van der Waals surface area contributed by atoms with Gasteiger partial charge in [-0.15, -0.1) is 0 Å². The molecule has 33 heavy (non-hydrogen) atoms. The molecule has 2 aliphatic heterocycles. The van der Waals surface area contributed by atoms with E-state index >= 15 is 0 Å². The summed E-state index contributed by atoms with van der Waals surface area (Å²) in [6.07, 6.45) is 0.933. The van der Waals surface area contributed by atoms with Gasteiger partial charge >= 0.3 is 0 Å². The molecule has 8 nitrogen and oxygen atoms in total. The molecule has 2 aliphatic rings. The van der Waals surface area contributed by atoms with Crippen LogP contribution < -0.4 is 5.32 Å². The highest BCUT2D eigenvalue weighted by Gasteiger charge is 2.31. The fraction of sp³-hybridized carbons (Fsp3) is 0.417. The van der Waals surface area contributed by atoms with Crippen molar-refractivity contribution >= 4 is 15.9 Å². The number of hydrogen-bond acceptors (Lipinski definition) is 6. The van der Waals surface area contributed by atoms with Gasteiger partial charge in [0.2, 0.25) is 15.9 Å². The number of benzene rings is 2. The van der Waals surface area contributed by atoms with Crippen molar-refractivity contribution in [3.05, 3.63) is 65.7 Å². The molecule has 9 heteroatoms. The lowest BCUT2D eigenvalue weighted by Crippen LogP contribution is -2.52. The molecule has 0 spiro atoms. The number of amides is 1. The molecule has 174 valence electrons. The first-order chi connectivity index (χ1) is 16.0. The Hall–Kier alpha value is -2.77. The molecule has 2 saturated heterocycles. The molecule has 0 saturated carbocycles. The number of hydrogen-bond donors (Lipinski definition) is 1. The summed E-state index contributed by atoms with van der Waals surface area (Å²) >= 11 is 0. The van der Waals surface area contributed by atoms with Gasteiger partial charge in [-0.25, -0.2) is 8.42 Å². The standard InChI is InChI=1S/C24H29N5O3S/c25-16-21-8-4-5-9-23(21)33(31,32)29-14-12-27(13-15-29)19-24(30)26-22-10-11-28(18-22)17-20-6-2-1-3-7-20/h1-9,22H,10-15,17-19H2,(H,26,30)/t22-/m0/s1. The van der Waals surface area contributed by atoms with Crippen LogP contribution in [0.15, 0.2) is 59.5 Å². The number of nitriles is 1. The minimum absolute atomic E-state index is 0.0207.